The second-order valence-electron chi connectivity index (χ2n) is 14.7. The maximum Gasteiger partial charge on any atom is 0.164 e. The number of fused-ring (bicyclic) bond motifs is 4. The van der Waals surface area contributed by atoms with Gasteiger partial charge in [0.25, 0.3) is 0 Å². The van der Waals surface area contributed by atoms with Crippen LogP contribution >= 0.6 is 0 Å². The number of furan rings is 1. The standard InChI is InChI=1S/C55H35N3O/c1-4-15-36(16-5-1)38-29-31-41(32-30-38)53-56-54(46-25-12-22-39-21-10-11-23-43(39)46)58-55(57-53)48-27-14-28-50-51(48)47-26-13-24-45(52(47)59-50)44-34-33-42(37-17-6-2-7-18-37)35-49(44)40-19-8-3-9-20-40/h1-35H. The Morgan fingerprint density at radius 2 is 0.797 bits per heavy atom. The summed E-state index contributed by atoms with van der Waals surface area (Å²) in [5.41, 5.74) is 13.4. The number of nitrogens with zero attached hydrogens (tertiary/aromatic N) is 3. The van der Waals surface area contributed by atoms with Gasteiger partial charge in [0.15, 0.2) is 17.5 Å². The van der Waals surface area contributed by atoms with Crippen LogP contribution in [0.5, 0.6) is 0 Å². The SMILES string of the molecule is c1ccc(-c2ccc(-c3nc(-c4cccc5ccccc45)nc(-c4cccc5oc6c(-c7ccc(-c8ccccc8)cc7-c7ccccc7)cccc6c45)n3)cc2)cc1. The van der Waals surface area contributed by atoms with Crippen LogP contribution in [0.15, 0.2) is 217 Å². The zero-order valence-electron chi connectivity index (χ0n) is 32.0. The summed E-state index contributed by atoms with van der Waals surface area (Å²) in [5.74, 6) is 1.81. The zero-order valence-corrected chi connectivity index (χ0v) is 32.0. The third kappa shape index (κ3) is 6.24. The summed E-state index contributed by atoms with van der Waals surface area (Å²) >= 11 is 0. The zero-order chi connectivity index (χ0) is 39.1. The molecule has 0 bridgehead atoms. The van der Waals surface area contributed by atoms with Crippen molar-refractivity contribution in [3.05, 3.63) is 212 Å². The number of hydrogen-bond acceptors (Lipinski definition) is 4. The van der Waals surface area contributed by atoms with Gasteiger partial charge in [0.1, 0.15) is 11.2 Å². The molecule has 11 aromatic rings. The van der Waals surface area contributed by atoms with Crippen LogP contribution in [0, 0.1) is 0 Å². The lowest BCUT2D eigenvalue weighted by atomic mass is 9.90. The van der Waals surface area contributed by atoms with Crippen LogP contribution in [0.4, 0.5) is 0 Å². The van der Waals surface area contributed by atoms with E-state index in [0.29, 0.717) is 17.5 Å². The molecule has 0 radical (unpaired) electrons. The van der Waals surface area contributed by atoms with E-state index in [0.717, 1.165) is 88.3 Å². The van der Waals surface area contributed by atoms with Gasteiger partial charge >= 0.3 is 0 Å². The van der Waals surface area contributed by atoms with E-state index >= 15 is 0 Å². The molecular formula is C55H35N3O. The van der Waals surface area contributed by atoms with Crippen molar-refractivity contribution in [2.75, 3.05) is 0 Å². The molecule has 0 spiro atoms. The molecule has 276 valence electrons. The van der Waals surface area contributed by atoms with Gasteiger partial charge in [-0.1, -0.05) is 200 Å². The fourth-order valence-electron chi connectivity index (χ4n) is 8.30. The number of rotatable bonds is 7. The first-order valence-corrected chi connectivity index (χ1v) is 19.9. The van der Waals surface area contributed by atoms with Crippen LogP contribution in [0.2, 0.25) is 0 Å². The molecule has 11 rings (SSSR count). The lowest BCUT2D eigenvalue weighted by Gasteiger charge is -2.14. The summed E-state index contributed by atoms with van der Waals surface area (Å²) in [6.45, 7) is 0. The highest BCUT2D eigenvalue weighted by molar-refractivity contribution is 6.15. The van der Waals surface area contributed by atoms with Crippen LogP contribution in [0.25, 0.3) is 111 Å². The molecule has 2 heterocycles. The van der Waals surface area contributed by atoms with Crippen LogP contribution in [-0.2, 0) is 0 Å². The fraction of sp³-hybridized carbons (Fsp3) is 0. The van der Waals surface area contributed by atoms with Crippen LogP contribution in [0.3, 0.4) is 0 Å². The van der Waals surface area contributed by atoms with Gasteiger partial charge in [-0.25, -0.2) is 15.0 Å². The van der Waals surface area contributed by atoms with E-state index in [1.165, 1.54) is 5.56 Å². The van der Waals surface area contributed by atoms with Gasteiger partial charge in [-0.3, -0.25) is 0 Å². The highest BCUT2D eigenvalue weighted by Crippen LogP contribution is 2.44. The molecule has 0 saturated carbocycles. The van der Waals surface area contributed by atoms with Crippen LogP contribution in [-0.4, -0.2) is 15.0 Å². The summed E-state index contributed by atoms with van der Waals surface area (Å²) in [5, 5.41) is 4.18. The highest BCUT2D eigenvalue weighted by atomic mass is 16.3. The molecule has 59 heavy (non-hydrogen) atoms. The van der Waals surface area contributed by atoms with Crippen LogP contribution in [0.1, 0.15) is 0 Å². The van der Waals surface area contributed by atoms with E-state index in [4.69, 9.17) is 19.4 Å². The van der Waals surface area contributed by atoms with Gasteiger partial charge in [-0.15, -0.1) is 0 Å². The van der Waals surface area contributed by atoms with Crippen molar-refractivity contribution in [3.63, 3.8) is 0 Å². The first kappa shape index (κ1) is 34.3. The van der Waals surface area contributed by atoms with Crippen molar-refractivity contribution in [3.8, 4) is 78.7 Å². The maximum absolute atomic E-state index is 6.88. The van der Waals surface area contributed by atoms with Gasteiger partial charge in [0, 0.05) is 33.0 Å². The van der Waals surface area contributed by atoms with Gasteiger partial charge in [-0.05, 0) is 61.8 Å². The average molecular weight is 754 g/mol. The summed E-state index contributed by atoms with van der Waals surface area (Å²) in [6.07, 6.45) is 0. The highest BCUT2D eigenvalue weighted by Gasteiger charge is 2.21. The predicted molar refractivity (Wildman–Crippen MR) is 243 cm³/mol. The lowest BCUT2D eigenvalue weighted by molar-refractivity contribution is 0.670. The predicted octanol–water partition coefficient (Wildman–Crippen LogP) is 14.6. The largest absolute Gasteiger partial charge is 0.455 e. The Balaban J connectivity index is 1.11. The number of benzene rings is 9. The second-order valence-corrected chi connectivity index (χ2v) is 14.7. The third-order valence-electron chi connectivity index (χ3n) is 11.2. The monoisotopic (exact) mass is 753 g/mol. The molecule has 0 aliphatic carbocycles. The molecule has 0 N–H and O–H groups in total. The van der Waals surface area contributed by atoms with Gasteiger partial charge in [-0.2, -0.15) is 0 Å². The normalized spacial score (nSPS) is 11.4. The lowest BCUT2D eigenvalue weighted by Crippen LogP contribution is -2.01. The van der Waals surface area contributed by atoms with E-state index in [2.05, 4.69) is 194 Å². The smallest absolute Gasteiger partial charge is 0.164 e. The molecule has 0 amide bonds. The Morgan fingerprint density at radius 3 is 1.56 bits per heavy atom. The van der Waals surface area contributed by atoms with E-state index in [1.807, 2.05) is 18.2 Å². The van der Waals surface area contributed by atoms with Gasteiger partial charge < -0.3 is 4.42 Å². The minimum atomic E-state index is 0.584. The summed E-state index contributed by atoms with van der Waals surface area (Å²) in [6, 6.07) is 74.0. The summed E-state index contributed by atoms with van der Waals surface area (Å²) in [7, 11) is 0. The van der Waals surface area contributed by atoms with E-state index < -0.39 is 0 Å². The summed E-state index contributed by atoms with van der Waals surface area (Å²) < 4.78 is 6.88. The van der Waals surface area contributed by atoms with E-state index in [-0.39, 0.29) is 0 Å². The molecule has 0 saturated heterocycles. The molecule has 0 unspecified atom stereocenters. The molecule has 0 atom stereocenters. The van der Waals surface area contributed by atoms with E-state index in [1.54, 1.807) is 0 Å². The molecule has 0 fully saturated rings. The first-order valence-electron chi connectivity index (χ1n) is 19.9. The van der Waals surface area contributed by atoms with Crippen molar-refractivity contribution in [1.82, 2.24) is 15.0 Å². The van der Waals surface area contributed by atoms with Crippen LogP contribution < -0.4 is 0 Å². The quantitative estimate of drug-likeness (QED) is 0.163. The number of hydrogen-bond donors (Lipinski definition) is 0. The minimum Gasteiger partial charge on any atom is -0.455 e. The number of aromatic nitrogens is 3. The Hall–Kier alpha value is -7.95. The third-order valence-corrected chi connectivity index (χ3v) is 11.2. The van der Waals surface area contributed by atoms with Crippen molar-refractivity contribution in [2.24, 2.45) is 0 Å². The van der Waals surface area contributed by atoms with Crippen molar-refractivity contribution in [2.45, 2.75) is 0 Å². The average Bonchev–Trinajstić information content (AvgIpc) is 3.71. The Labute approximate surface area is 341 Å². The van der Waals surface area contributed by atoms with Crippen molar-refractivity contribution < 1.29 is 4.42 Å². The van der Waals surface area contributed by atoms with Crippen molar-refractivity contribution in [1.29, 1.82) is 0 Å². The summed E-state index contributed by atoms with van der Waals surface area (Å²) in [4.78, 5) is 15.6. The maximum atomic E-state index is 6.88. The van der Waals surface area contributed by atoms with E-state index in [9.17, 15) is 0 Å². The van der Waals surface area contributed by atoms with Gasteiger partial charge in [0.2, 0.25) is 0 Å². The molecule has 9 aromatic carbocycles. The molecule has 4 nitrogen and oxygen atoms in total. The second kappa shape index (κ2) is 14.5. The Morgan fingerprint density at radius 1 is 0.288 bits per heavy atom. The first-order chi connectivity index (χ1) is 29.2. The molecule has 0 aliphatic heterocycles. The Bertz CT molecular complexity index is 3300. The van der Waals surface area contributed by atoms with Gasteiger partial charge in [0.05, 0.1) is 0 Å². The van der Waals surface area contributed by atoms with Crippen molar-refractivity contribution >= 4 is 32.7 Å². The molecule has 0 aliphatic rings. The topological polar surface area (TPSA) is 51.8 Å². The Kier molecular flexibility index (Phi) is 8.45. The fourth-order valence-corrected chi connectivity index (χ4v) is 8.30. The molecular weight excluding hydrogens is 719 g/mol. The minimum absolute atomic E-state index is 0.584. The molecule has 2 aromatic heterocycles. The number of para-hydroxylation sites is 1. The molecule has 4 heteroatoms.